The first-order chi connectivity index (χ1) is 10.1. The maximum atomic E-state index is 12.4. The van der Waals surface area contributed by atoms with Crippen LogP contribution in [0.25, 0.3) is 0 Å². The molecule has 1 heterocycles. The lowest BCUT2D eigenvalue weighted by atomic mass is 10.1. The molecule has 3 rings (SSSR count). The normalized spacial score (nSPS) is 22.2. The monoisotopic (exact) mass is 329 g/mol. The summed E-state index contributed by atoms with van der Waals surface area (Å²) < 4.78 is 5.45. The quantitative estimate of drug-likeness (QED) is 0.833. The fourth-order valence-electron chi connectivity index (χ4n) is 2.43. The summed E-state index contributed by atoms with van der Waals surface area (Å²) in [5.41, 5.74) is 7.28. The predicted molar refractivity (Wildman–Crippen MR) is 84.0 cm³/mol. The number of carbonyl (C=O) groups excluding carboxylic acids is 1. The maximum Gasteiger partial charge on any atom is 0.245 e. The summed E-state index contributed by atoms with van der Waals surface area (Å²) in [6.45, 7) is 1.48. The number of amides is 1. The van der Waals surface area contributed by atoms with Crippen LogP contribution in [-0.4, -0.2) is 37.7 Å². The van der Waals surface area contributed by atoms with Crippen LogP contribution >= 0.6 is 23.2 Å². The second kappa shape index (κ2) is 5.91. The lowest BCUT2D eigenvalue weighted by molar-refractivity contribution is -0.124. The molecule has 2 fully saturated rings. The number of benzene rings is 1. The zero-order valence-electron chi connectivity index (χ0n) is 11.4. The van der Waals surface area contributed by atoms with Gasteiger partial charge in [0.25, 0.3) is 0 Å². The van der Waals surface area contributed by atoms with Gasteiger partial charge in [-0.3, -0.25) is 4.79 Å². The fourth-order valence-corrected chi connectivity index (χ4v) is 2.76. The van der Waals surface area contributed by atoms with Crippen LogP contribution in [0.4, 0.5) is 11.4 Å². The standard InChI is InChI=1S/C14H17Cl2N3O2/c15-9-5-11(17)12(6-10(9)16)19-3-4-21-7-13(19)14(20)18-8-1-2-8/h5-6,8,13H,1-4,7,17H2,(H,18,20). The van der Waals surface area contributed by atoms with E-state index < -0.39 is 0 Å². The van der Waals surface area contributed by atoms with Crippen molar-refractivity contribution in [3.05, 3.63) is 22.2 Å². The molecule has 1 amide bonds. The molecule has 21 heavy (non-hydrogen) atoms. The molecule has 7 heteroatoms. The number of hydrogen-bond acceptors (Lipinski definition) is 4. The highest BCUT2D eigenvalue weighted by molar-refractivity contribution is 6.42. The Labute approximate surface area is 133 Å². The molecule has 0 radical (unpaired) electrons. The first kappa shape index (κ1) is 14.8. The SMILES string of the molecule is Nc1cc(Cl)c(Cl)cc1N1CCOCC1C(=O)NC1CC1. The number of nitrogens with two attached hydrogens (primary N) is 1. The van der Waals surface area contributed by atoms with E-state index >= 15 is 0 Å². The van der Waals surface area contributed by atoms with E-state index in [-0.39, 0.29) is 11.9 Å². The average Bonchev–Trinajstić information content (AvgIpc) is 3.27. The Kier molecular flexibility index (Phi) is 4.15. The number of rotatable bonds is 3. The van der Waals surface area contributed by atoms with E-state index in [9.17, 15) is 4.79 Å². The third-order valence-corrected chi connectivity index (χ3v) is 4.46. The van der Waals surface area contributed by atoms with Crippen molar-refractivity contribution in [1.29, 1.82) is 0 Å². The second-order valence-electron chi connectivity index (χ2n) is 5.39. The molecule has 1 saturated heterocycles. The predicted octanol–water partition coefficient (Wildman–Crippen LogP) is 2.06. The number of halogens is 2. The van der Waals surface area contributed by atoms with Crippen molar-refractivity contribution in [3.8, 4) is 0 Å². The lowest BCUT2D eigenvalue weighted by Gasteiger charge is -2.37. The first-order valence-electron chi connectivity index (χ1n) is 6.95. The van der Waals surface area contributed by atoms with Gasteiger partial charge in [-0.2, -0.15) is 0 Å². The van der Waals surface area contributed by atoms with Gasteiger partial charge in [-0.1, -0.05) is 23.2 Å². The van der Waals surface area contributed by atoms with Gasteiger partial charge in [0.05, 0.1) is 34.6 Å². The van der Waals surface area contributed by atoms with Gasteiger partial charge < -0.3 is 20.7 Å². The summed E-state index contributed by atoms with van der Waals surface area (Å²) in [4.78, 5) is 14.3. The van der Waals surface area contributed by atoms with Crippen LogP contribution in [0.5, 0.6) is 0 Å². The summed E-state index contributed by atoms with van der Waals surface area (Å²) in [6, 6.07) is 3.25. The first-order valence-corrected chi connectivity index (χ1v) is 7.71. The molecule has 1 aromatic carbocycles. The van der Waals surface area contributed by atoms with E-state index in [1.165, 1.54) is 0 Å². The van der Waals surface area contributed by atoms with Crippen LogP contribution in [0.2, 0.25) is 10.0 Å². The van der Waals surface area contributed by atoms with E-state index in [2.05, 4.69) is 5.32 Å². The number of anilines is 2. The van der Waals surface area contributed by atoms with Crippen LogP contribution in [-0.2, 0) is 9.53 Å². The Bertz CT molecular complexity index is 563. The number of hydrogen-bond donors (Lipinski definition) is 2. The van der Waals surface area contributed by atoms with Crippen LogP contribution in [0, 0.1) is 0 Å². The summed E-state index contributed by atoms with van der Waals surface area (Å²) in [7, 11) is 0. The van der Waals surface area contributed by atoms with Gasteiger partial charge in [0.2, 0.25) is 5.91 Å². The third-order valence-electron chi connectivity index (χ3n) is 3.73. The van der Waals surface area contributed by atoms with Crippen molar-refractivity contribution in [1.82, 2.24) is 5.32 Å². The summed E-state index contributed by atoms with van der Waals surface area (Å²) in [5.74, 6) is -0.0253. The summed E-state index contributed by atoms with van der Waals surface area (Å²) in [5, 5.41) is 3.84. The van der Waals surface area contributed by atoms with Crippen molar-refractivity contribution in [3.63, 3.8) is 0 Å². The molecule has 1 aromatic rings. The van der Waals surface area contributed by atoms with Gasteiger partial charge in [0.1, 0.15) is 6.04 Å². The van der Waals surface area contributed by atoms with Gasteiger partial charge in [-0.05, 0) is 25.0 Å². The summed E-state index contributed by atoms with van der Waals surface area (Å²) in [6.07, 6.45) is 2.10. The fraction of sp³-hybridized carbons (Fsp3) is 0.500. The number of nitrogens with zero attached hydrogens (tertiary/aromatic N) is 1. The van der Waals surface area contributed by atoms with Crippen molar-refractivity contribution in [2.24, 2.45) is 0 Å². The molecule has 1 aliphatic carbocycles. The minimum atomic E-state index is -0.390. The second-order valence-corrected chi connectivity index (χ2v) is 6.21. The molecule has 0 spiro atoms. The molecule has 2 aliphatic rings. The Morgan fingerprint density at radius 3 is 2.76 bits per heavy atom. The topological polar surface area (TPSA) is 67.6 Å². The largest absolute Gasteiger partial charge is 0.397 e. The van der Waals surface area contributed by atoms with Crippen molar-refractivity contribution >= 4 is 40.5 Å². The van der Waals surface area contributed by atoms with Crippen molar-refractivity contribution in [2.75, 3.05) is 30.4 Å². The molecule has 1 unspecified atom stereocenters. The summed E-state index contributed by atoms with van der Waals surface area (Å²) >= 11 is 12.0. The van der Waals surface area contributed by atoms with Gasteiger partial charge >= 0.3 is 0 Å². The number of morpholine rings is 1. The van der Waals surface area contributed by atoms with E-state index in [1.54, 1.807) is 12.1 Å². The number of nitrogens with one attached hydrogen (secondary N) is 1. The van der Waals surface area contributed by atoms with Crippen molar-refractivity contribution < 1.29 is 9.53 Å². The van der Waals surface area contributed by atoms with E-state index in [1.807, 2.05) is 4.90 Å². The highest BCUT2D eigenvalue weighted by Crippen LogP contribution is 2.34. The average molecular weight is 330 g/mol. The van der Waals surface area contributed by atoms with E-state index in [0.717, 1.165) is 18.5 Å². The van der Waals surface area contributed by atoms with Crippen molar-refractivity contribution in [2.45, 2.75) is 24.9 Å². The zero-order valence-corrected chi connectivity index (χ0v) is 13.0. The van der Waals surface area contributed by atoms with Crippen LogP contribution in [0.1, 0.15) is 12.8 Å². The molecule has 114 valence electrons. The lowest BCUT2D eigenvalue weighted by Crippen LogP contribution is -2.54. The van der Waals surface area contributed by atoms with Crippen LogP contribution in [0.3, 0.4) is 0 Å². The molecular formula is C14H17Cl2N3O2. The molecule has 1 aliphatic heterocycles. The van der Waals surface area contributed by atoms with Gasteiger partial charge in [-0.15, -0.1) is 0 Å². The zero-order chi connectivity index (χ0) is 15.0. The number of ether oxygens (including phenoxy) is 1. The Morgan fingerprint density at radius 1 is 1.33 bits per heavy atom. The molecular weight excluding hydrogens is 313 g/mol. The molecule has 5 nitrogen and oxygen atoms in total. The Morgan fingerprint density at radius 2 is 2.05 bits per heavy atom. The number of carbonyl (C=O) groups is 1. The molecule has 0 aromatic heterocycles. The van der Waals surface area contributed by atoms with Gasteiger partial charge in [0.15, 0.2) is 0 Å². The molecule has 0 bridgehead atoms. The van der Waals surface area contributed by atoms with Crippen LogP contribution < -0.4 is 16.0 Å². The highest BCUT2D eigenvalue weighted by atomic mass is 35.5. The third kappa shape index (κ3) is 3.20. The Balaban J connectivity index is 1.86. The smallest absolute Gasteiger partial charge is 0.245 e. The van der Waals surface area contributed by atoms with Gasteiger partial charge in [0, 0.05) is 12.6 Å². The Hall–Kier alpha value is -1.17. The van der Waals surface area contributed by atoms with Crippen LogP contribution in [0.15, 0.2) is 12.1 Å². The minimum Gasteiger partial charge on any atom is -0.397 e. The maximum absolute atomic E-state index is 12.4. The molecule has 1 atom stereocenters. The highest BCUT2D eigenvalue weighted by Gasteiger charge is 2.34. The minimum absolute atomic E-state index is 0.0253. The van der Waals surface area contributed by atoms with Gasteiger partial charge in [-0.25, -0.2) is 0 Å². The van der Waals surface area contributed by atoms with E-state index in [0.29, 0.717) is 41.5 Å². The molecule has 1 saturated carbocycles. The molecule has 3 N–H and O–H groups in total. The number of nitrogen functional groups attached to an aromatic ring is 1. The van der Waals surface area contributed by atoms with E-state index in [4.69, 9.17) is 33.7 Å².